The van der Waals surface area contributed by atoms with E-state index in [2.05, 4.69) is 15.4 Å². The zero-order valence-corrected chi connectivity index (χ0v) is 11.6. The molecule has 118 valence electrons. The second kappa shape index (κ2) is 7.69. The summed E-state index contributed by atoms with van der Waals surface area (Å²) in [5.41, 5.74) is 4.62. The quantitative estimate of drug-likeness (QED) is 0.360. The molecule has 0 spiro atoms. The fourth-order valence-corrected chi connectivity index (χ4v) is 1.48. The molecule has 10 nitrogen and oxygen atoms in total. The minimum Gasteiger partial charge on any atom is -0.465 e. The molecule has 0 unspecified atom stereocenters. The Kier molecular flexibility index (Phi) is 5.96. The summed E-state index contributed by atoms with van der Waals surface area (Å²) in [5, 5.41) is 15.4. The van der Waals surface area contributed by atoms with E-state index in [1.54, 1.807) is 0 Å². The maximum atomic E-state index is 11.6. The number of nitrogens with two attached hydrogens (primary N) is 1. The molecule has 1 aromatic rings. The van der Waals surface area contributed by atoms with Crippen LogP contribution in [0.3, 0.4) is 0 Å². The summed E-state index contributed by atoms with van der Waals surface area (Å²) in [5.74, 6) is -1.93. The number of ether oxygens (including phenoxy) is 1. The van der Waals surface area contributed by atoms with Gasteiger partial charge in [-0.2, -0.15) is 0 Å². The van der Waals surface area contributed by atoms with Gasteiger partial charge in [-0.25, -0.2) is 4.79 Å². The van der Waals surface area contributed by atoms with Crippen LogP contribution in [0.1, 0.15) is 10.4 Å². The van der Waals surface area contributed by atoms with Crippen molar-refractivity contribution in [1.29, 1.82) is 0 Å². The van der Waals surface area contributed by atoms with E-state index in [4.69, 9.17) is 5.73 Å². The Morgan fingerprint density at radius 1 is 1.27 bits per heavy atom. The van der Waals surface area contributed by atoms with Gasteiger partial charge in [0.15, 0.2) is 0 Å². The monoisotopic (exact) mass is 310 g/mol. The van der Waals surface area contributed by atoms with Gasteiger partial charge >= 0.3 is 5.97 Å². The zero-order chi connectivity index (χ0) is 16.7. The smallest absolute Gasteiger partial charge is 0.338 e. The average molecular weight is 310 g/mol. The molecule has 10 heteroatoms. The van der Waals surface area contributed by atoms with Crippen LogP contribution in [0.2, 0.25) is 0 Å². The molecule has 0 saturated heterocycles. The Morgan fingerprint density at radius 3 is 2.50 bits per heavy atom. The SMILES string of the molecule is COC(=O)c1cc(NC(=O)CNC(=O)CN)cc([N+](=O)[O-])c1. The summed E-state index contributed by atoms with van der Waals surface area (Å²) in [6.07, 6.45) is 0. The van der Waals surface area contributed by atoms with E-state index in [-0.39, 0.29) is 30.0 Å². The Morgan fingerprint density at radius 2 is 1.95 bits per heavy atom. The van der Waals surface area contributed by atoms with Gasteiger partial charge in [-0.1, -0.05) is 0 Å². The summed E-state index contributed by atoms with van der Waals surface area (Å²) in [6.45, 7) is -0.622. The van der Waals surface area contributed by atoms with Crippen LogP contribution in [0.25, 0.3) is 0 Å². The first-order chi connectivity index (χ1) is 10.4. The van der Waals surface area contributed by atoms with Crippen LogP contribution in [0.4, 0.5) is 11.4 Å². The largest absolute Gasteiger partial charge is 0.465 e. The lowest BCUT2D eigenvalue weighted by atomic mass is 10.1. The van der Waals surface area contributed by atoms with Crippen LogP contribution < -0.4 is 16.4 Å². The van der Waals surface area contributed by atoms with Crippen LogP contribution in [-0.2, 0) is 14.3 Å². The van der Waals surface area contributed by atoms with Gasteiger partial charge in [-0.05, 0) is 6.07 Å². The van der Waals surface area contributed by atoms with E-state index in [0.29, 0.717) is 0 Å². The first kappa shape index (κ1) is 17.0. The van der Waals surface area contributed by atoms with E-state index < -0.39 is 22.7 Å². The molecule has 0 radical (unpaired) electrons. The van der Waals surface area contributed by atoms with Gasteiger partial charge in [0, 0.05) is 17.8 Å². The molecule has 0 saturated carbocycles. The molecule has 0 fully saturated rings. The summed E-state index contributed by atoms with van der Waals surface area (Å²) in [4.78, 5) is 44.1. The topological polar surface area (TPSA) is 154 Å². The maximum Gasteiger partial charge on any atom is 0.338 e. The highest BCUT2D eigenvalue weighted by atomic mass is 16.6. The number of nitro benzene ring substituents is 1. The Labute approximate surface area is 124 Å². The molecular weight excluding hydrogens is 296 g/mol. The molecule has 1 aromatic carbocycles. The van der Waals surface area contributed by atoms with E-state index >= 15 is 0 Å². The fourth-order valence-electron chi connectivity index (χ4n) is 1.48. The van der Waals surface area contributed by atoms with Crippen molar-refractivity contribution in [2.45, 2.75) is 0 Å². The fraction of sp³-hybridized carbons (Fsp3) is 0.250. The number of nitrogens with zero attached hydrogens (tertiary/aromatic N) is 1. The number of nitro groups is 1. The standard InChI is InChI=1S/C12H14N4O6/c1-22-12(19)7-2-8(4-9(3-7)16(20)21)15-11(18)6-14-10(17)5-13/h2-4H,5-6,13H2,1H3,(H,14,17)(H,15,18). The molecule has 0 bridgehead atoms. The van der Waals surface area contributed by atoms with Crippen LogP contribution in [-0.4, -0.2) is 42.9 Å². The van der Waals surface area contributed by atoms with E-state index in [9.17, 15) is 24.5 Å². The molecule has 22 heavy (non-hydrogen) atoms. The van der Waals surface area contributed by atoms with Crippen molar-refractivity contribution in [3.05, 3.63) is 33.9 Å². The molecule has 1 rings (SSSR count). The van der Waals surface area contributed by atoms with Crippen molar-refractivity contribution in [2.24, 2.45) is 5.73 Å². The Bertz CT molecular complexity index is 616. The second-order valence-electron chi connectivity index (χ2n) is 4.05. The summed E-state index contributed by atoms with van der Waals surface area (Å²) < 4.78 is 4.48. The Hall–Kier alpha value is -3.01. The lowest BCUT2D eigenvalue weighted by molar-refractivity contribution is -0.384. The molecular formula is C12H14N4O6. The second-order valence-corrected chi connectivity index (χ2v) is 4.05. The lowest BCUT2D eigenvalue weighted by Gasteiger charge is -2.08. The molecule has 4 N–H and O–H groups in total. The number of esters is 1. The normalized spacial score (nSPS) is 9.73. The summed E-state index contributed by atoms with van der Waals surface area (Å²) in [6, 6.07) is 3.33. The molecule has 0 heterocycles. The summed E-state index contributed by atoms with van der Waals surface area (Å²) in [7, 11) is 1.13. The third kappa shape index (κ3) is 4.83. The van der Waals surface area contributed by atoms with Gasteiger partial charge in [0.1, 0.15) is 0 Å². The number of amides is 2. The molecule has 0 aromatic heterocycles. The van der Waals surface area contributed by atoms with E-state index in [1.807, 2.05) is 0 Å². The highest BCUT2D eigenvalue weighted by Crippen LogP contribution is 2.21. The molecule has 0 aliphatic rings. The minimum atomic E-state index is -0.782. The minimum absolute atomic E-state index is 0.0293. The summed E-state index contributed by atoms with van der Waals surface area (Å²) >= 11 is 0. The number of benzene rings is 1. The number of methoxy groups -OCH3 is 1. The molecule has 0 atom stereocenters. The van der Waals surface area contributed by atoms with Crippen LogP contribution in [0.15, 0.2) is 18.2 Å². The highest BCUT2D eigenvalue weighted by Gasteiger charge is 2.16. The average Bonchev–Trinajstić information content (AvgIpc) is 2.51. The number of carbonyl (C=O) groups excluding carboxylic acids is 3. The van der Waals surface area contributed by atoms with Crippen LogP contribution >= 0.6 is 0 Å². The van der Waals surface area contributed by atoms with Crippen molar-refractivity contribution in [2.75, 3.05) is 25.5 Å². The number of hydrogen-bond acceptors (Lipinski definition) is 7. The zero-order valence-electron chi connectivity index (χ0n) is 11.6. The predicted molar refractivity (Wildman–Crippen MR) is 75.1 cm³/mol. The highest BCUT2D eigenvalue weighted by molar-refractivity contribution is 5.97. The number of rotatable bonds is 6. The van der Waals surface area contributed by atoms with Gasteiger partial charge < -0.3 is 21.1 Å². The predicted octanol–water partition coefficient (Wildman–Crippen LogP) is -0.605. The first-order valence-electron chi connectivity index (χ1n) is 6.01. The number of anilines is 1. The number of carbonyl (C=O) groups is 3. The van der Waals surface area contributed by atoms with Crippen LogP contribution in [0.5, 0.6) is 0 Å². The van der Waals surface area contributed by atoms with Gasteiger partial charge in [0.05, 0.1) is 30.7 Å². The van der Waals surface area contributed by atoms with E-state index in [0.717, 1.165) is 19.2 Å². The van der Waals surface area contributed by atoms with Crippen LogP contribution in [0, 0.1) is 10.1 Å². The van der Waals surface area contributed by atoms with Crippen molar-refractivity contribution < 1.29 is 24.0 Å². The number of hydrogen-bond donors (Lipinski definition) is 3. The van der Waals surface area contributed by atoms with Crippen molar-refractivity contribution >= 4 is 29.2 Å². The molecule has 0 aliphatic heterocycles. The third-order valence-electron chi connectivity index (χ3n) is 2.46. The van der Waals surface area contributed by atoms with Gasteiger partial charge in [0.2, 0.25) is 11.8 Å². The first-order valence-corrected chi connectivity index (χ1v) is 6.01. The van der Waals surface area contributed by atoms with Gasteiger partial charge in [-0.3, -0.25) is 19.7 Å². The third-order valence-corrected chi connectivity index (χ3v) is 2.46. The molecule has 2 amide bonds. The number of nitrogens with one attached hydrogen (secondary N) is 2. The van der Waals surface area contributed by atoms with Gasteiger partial charge in [-0.15, -0.1) is 0 Å². The van der Waals surface area contributed by atoms with Crippen molar-refractivity contribution in [3.8, 4) is 0 Å². The van der Waals surface area contributed by atoms with Gasteiger partial charge in [0.25, 0.3) is 5.69 Å². The number of non-ortho nitro benzene ring substituents is 1. The molecule has 0 aliphatic carbocycles. The van der Waals surface area contributed by atoms with Crippen molar-refractivity contribution in [1.82, 2.24) is 5.32 Å². The van der Waals surface area contributed by atoms with Crippen molar-refractivity contribution in [3.63, 3.8) is 0 Å². The van der Waals surface area contributed by atoms with E-state index in [1.165, 1.54) is 6.07 Å². The maximum absolute atomic E-state index is 11.6. The Balaban J connectivity index is 2.91. The lowest BCUT2D eigenvalue weighted by Crippen LogP contribution is -2.36.